The first-order valence-electron chi connectivity index (χ1n) is 6.76. The lowest BCUT2D eigenvalue weighted by molar-refractivity contribution is -0.112. The third-order valence-electron chi connectivity index (χ3n) is 2.96. The molecule has 0 N–H and O–H groups in total. The number of hydrogen-bond donors (Lipinski definition) is 0. The Morgan fingerprint density at radius 3 is 2.68 bits per heavy atom. The second-order valence-electron chi connectivity index (χ2n) is 5.95. The van der Waals surface area contributed by atoms with Gasteiger partial charge in [0, 0.05) is 19.4 Å². The maximum atomic E-state index is 12.1. The van der Waals surface area contributed by atoms with Gasteiger partial charge >= 0.3 is 6.09 Å². The fourth-order valence-electron chi connectivity index (χ4n) is 1.93. The predicted octanol–water partition coefficient (Wildman–Crippen LogP) is 3.09. The highest BCUT2D eigenvalue weighted by atomic mass is 35.5. The Labute approximate surface area is 133 Å². The van der Waals surface area contributed by atoms with Crippen LogP contribution in [0, 0.1) is 0 Å². The summed E-state index contributed by atoms with van der Waals surface area (Å²) in [4.78, 5) is 29.1. The molecule has 0 radical (unpaired) electrons. The molecule has 0 saturated carbocycles. The van der Waals surface area contributed by atoms with E-state index in [-0.39, 0.29) is 0 Å². The number of fused-ring (bicyclic) bond motifs is 1. The summed E-state index contributed by atoms with van der Waals surface area (Å²) in [5.41, 5.74) is 0.458. The van der Waals surface area contributed by atoms with Crippen molar-refractivity contribution in [1.82, 2.24) is 14.3 Å². The molecule has 0 saturated heterocycles. The number of pyridine rings is 1. The fraction of sp³-hybridized carbons (Fsp3) is 0.400. The third kappa shape index (κ3) is 3.57. The average molecular weight is 324 g/mol. The molecule has 1 atom stereocenters. The molecule has 0 fully saturated rings. The lowest BCUT2D eigenvalue weighted by atomic mass is 10.2. The van der Waals surface area contributed by atoms with Crippen molar-refractivity contribution in [1.29, 1.82) is 0 Å². The summed E-state index contributed by atoms with van der Waals surface area (Å²) in [5.74, 6) is 0. The van der Waals surface area contributed by atoms with E-state index in [1.54, 1.807) is 49.7 Å². The van der Waals surface area contributed by atoms with Crippen molar-refractivity contribution in [2.45, 2.75) is 32.4 Å². The van der Waals surface area contributed by atoms with E-state index < -0.39 is 17.7 Å². The van der Waals surface area contributed by atoms with Crippen LogP contribution in [0.4, 0.5) is 4.79 Å². The van der Waals surface area contributed by atoms with Crippen molar-refractivity contribution >= 4 is 29.6 Å². The zero-order valence-corrected chi connectivity index (χ0v) is 13.7. The van der Waals surface area contributed by atoms with Gasteiger partial charge < -0.3 is 13.9 Å². The lowest BCUT2D eigenvalue weighted by Gasteiger charge is -2.27. The van der Waals surface area contributed by atoms with Crippen LogP contribution in [0.25, 0.3) is 5.65 Å². The molecule has 0 aromatic carbocycles. The van der Waals surface area contributed by atoms with Crippen LogP contribution in [-0.4, -0.2) is 39.3 Å². The second-order valence-corrected chi connectivity index (χ2v) is 6.39. The first kappa shape index (κ1) is 16.3. The van der Waals surface area contributed by atoms with Crippen LogP contribution >= 0.6 is 11.6 Å². The number of carbonyl (C=O) groups excluding carboxylic acids is 2. The number of nitrogens with zero attached hydrogens (tertiary/aromatic N) is 3. The molecular weight excluding hydrogens is 306 g/mol. The Bertz CT molecular complexity index is 706. The van der Waals surface area contributed by atoms with E-state index in [0.29, 0.717) is 22.6 Å². The zero-order valence-electron chi connectivity index (χ0n) is 12.9. The summed E-state index contributed by atoms with van der Waals surface area (Å²) in [7, 11) is 1.50. The molecule has 22 heavy (non-hydrogen) atoms. The lowest BCUT2D eigenvalue weighted by Crippen LogP contribution is -2.37. The van der Waals surface area contributed by atoms with E-state index >= 15 is 0 Å². The van der Waals surface area contributed by atoms with Crippen LogP contribution < -0.4 is 0 Å². The highest BCUT2D eigenvalue weighted by Crippen LogP contribution is 2.21. The third-order valence-corrected chi connectivity index (χ3v) is 3.19. The summed E-state index contributed by atoms with van der Waals surface area (Å²) >= 11 is 5.92. The molecule has 2 aromatic heterocycles. The van der Waals surface area contributed by atoms with Crippen molar-refractivity contribution in [2.75, 3.05) is 7.05 Å². The van der Waals surface area contributed by atoms with Gasteiger partial charge in [0.2, 0.25) is 0 Å². The monoisotopic (exact) mass is 323 g/mol. The molecule has 0 aliphatic carbocycles. The van der Waals surface area contributed by atoms with Crippen LogP contribution in [0.1, 0.15) is 32.5 Å². The molecule has 2 rings (SSSR count). The van der Waals surface area contributed by atoms with Gasteiger partial charge in [0.05, 0.1) is 10.7 Å². The fourth-order valence-corrected chi connectivity index (χ4v) is 2.10. The molecular formula is C15H18ClN3O3. The smallest absolute Gasteiger partial charge is 0.410 e. The summed E-state index contributed by atoms with van der Waals surface area (Å²) in [6.07, 6.45) is 3.43. The van der Waals surface area contributed by atoms with Crippen molar-refractivity contribution in [3.8, 4) is 0 Å². The molecule has 1 amide bonds. The van der Waals surface area contributed by atoms with Crippen molar-refractivity contribution in [2.24, 2.45) is 0 Å². The Kier molecular flexibility index (Phi) is 4.42. The molecule has 0 spiro atoms. The summed E-state index contributed by atoms with van der Waals surface area (Å²) in [6.45, 7) is 5.30. The van der Waals surface area contributed by atoms with Gasteiger partial charge in [0.25, 0.3) is 0 Å². The Balaban J connectivity index is 2.29. The van der Waals surface area contributed by atoms with Crippen LogP contribution in [0.15, 0.2) is 24.5 Å². The van der Waals surface area contributed by atoms with Crippen LogP contribution in [-0.2, 0) is 9.53 Å². The molecule has 7 heteroatoms. The van der Waals surface area contributed by atoms with Gasteiger partial charge in [0.15, 0.2) is 0 Å². The number of carbonyl (C=O) groups is 2. The zero-order chi connectivity index (χ0) is 16.5. The summed E-state index contributed by atoms with van der Waals surface area (Å²) in [5, 5.41) is 0.555. The second kappa shape index (κ2) is 5.96. The molecule has 0 aliphatic heterocycles. The normalized spacial score (nSPS) is 13.0. The Hall–Kier alpha value is -2.08. The predicted molar refractivity (Wildman–Crippen MR) is 83.0 cm³/mol. The van der Waals surface area contributed by atoms with E-state index in [2.05, 4.69) is 4.98 Å². The molecule has 0 aliphatic rings. The van der Waals surface area contributed by atoms with Gasteiger partial charge in [-0.25, -0.2) is 9.78 Å². The van der Waals surface area contributed by atoms with E-state index in [1.807, 2.05) is 0 Å². The molecule has 6 nitrogen and oxygen atoms in total. The van der Waals surface area contributed by atoms with E-state index in [1.165, 1.54) is 11.9 Å². The Morgan fingerprint density at radius 2 is 2.09 bits per heavy atom. The average Bonchev–Trinajstić information content (AvgIpc) is 2.79. The van der Waals surface area contributed by atoms with Gasteiger partial charge in [-0.3, -0.25) is 4.90 Å². The highest BCUT2D eigenvalue weighted by molar-refractivity contribution is 6.30. The standard InChI is InChI=1S/C15H18ClN3O3/c1-15(2,3)22-14(21)18(4)12(9-20)11-8-19-7-10(16)5-6-13(19)17-11/h5-9,12H,1-4H3. The highest BCUT2D eigenvalue weighted by Gasteiger charge is 2.27. The molecule has 2 heterocycles. The van der Waals surface area contributed by atoms with Crippen molar-refractivity contribution < 1.29 is 14.3 Å². The van der Waals surface area contributed by atoms with Crippen molar-refractivity contribution in [3.63, 3.8) is 0 Å². The number of halogens is 1. The summed E-state index contributed by atoms with van der Waals surface area (Å²) in [6, 6.07) is 2.62. The number of ether oxygens (including phenoxy) is 1. The van der Waals surface area contributed by atoms with E-state index in [4.69, 9.17) is 16.3 Å². The SMILES string of the molecule is CN(C(=O)OC(C)(C)C)C(C=O)c1cn2cc(Cl)ccc2n1. The Morgan fingerprint density at radius 1 is 1.41 bits per heavy atom. The summed E-state index contributed by atoms with van der Waals surface area (Å²) < 4.78 is 6.97. The van der Waals surface area contributed by atoms with Gasteiger partial charge in [0.1, 0.15) is 23.6 Å². The minimum atomic E-state index is -0.825. The van der Waals surface area contributed by atoms with Crippen molar-refractivity contribution in [3.05, 3.63) is 35.2 Å². The van der Waals surface area contributed by atoms with E-state index in [9.17, 15) is 9.59 Å². The van der Waals surface area contributed by atoms with Crippen LogP contribution in [0.5, 0.6) is 0 Å². The number of hydrogen-bond acceptors (Lipinski definition) is 4. The number of amides is 1. The van der Waals surface area contributed by atoms with Crippen LogP contribution in [0.3, 0.4) is 0 Å². The molecule has 2 aromatic rings. The number of imidazole rings is 1. The minimum absolute atomic E-state index is 0.450. The van der Waals surface area contributed by atoms with Crippen LogP contribution in [0.2, 0.25) is 5.02 Å². The molecule has 0 bridgehead atoms. The maximum Gasteiger partial charge on any atom is 0.410 e. The number of rotatable bonds is 3. The largest absolute Gasteiger partial charge is 0.444 e. The number of aldehydes is 1. The topological polar surface area (TPSA) is 63.9 Å². The van der Waals surface area contributed by atoms with Gasteiger partial charge in [-0.1, -0.05) is 11.6 Å². The first-order valence-corrected chi connectivity index (χ1v) is 7.14. The quantitative estimate of drug-likeness (QED) is 0.814. The molecule has 118 valence electrons. The minimum Gasteiger partial charge on any atom is -0.444 e. The maximum absolute atomic E-state index is 12.1. The first-order chi connectivity index (χ1) is 10.2. The van der Waals surface area contributed by atoms with Gasteiger partial charge in [-0.15, -0.1) is 0 Å². The van der Waals surface area contributed by atoms with Gasteiger partial charge in [-0.2, -0.15) is 0 Å². The number of aromatic nitrogens is 2. The van der Waals surface area contributed by atoms with Gasteiger partial charge in [-0.05, 0) is 32.9 Å². The van der Waals surface area contributed by atoms with E-state index in [0.717, 1.165) is 0 Å². The molecule has 1 unspecified atom stereocenters. The number of likely N-dealkylation sites (N-methyl/N-ethyl adjacent to an activating group) is 1.